The number of hydrogen-bond acceptors (Lipinski definition) is 0. The van der Waals surface area contributed by atoms with E-state index in [1.165, 1.54) is 24.0 Å². The van der Waals surface area contributed by atoms with Crippen LogP contribution < -0.4 is 0 Å². The number of unbranched alkanes of at least 4 members (excludes halogenated alkanes) is 2. The molecule has 0 radical (unpaired) electrons. The van der Waals surface area contributed by atoms with Crippen LogP contribution in [-0.4, -0.2) is 0 Å². The molecular formula is C29H32F2. The predicted molar refractivity (Wildman–Crippen MR) is 129 cm³/mol. The molecule has 0 aliphatic heterocycles. The van der Waals surface area contributed by atoms with Crippen LogP contribution in [0.5, 0.6) is 0 Å². The van der Waals surface area contributed by atoms with Crippen LogP contribution in [-0.2, 0) is 12.8 Å². The van der Waals surface area contributed by atoms with Crippen LogP contribution in [0.3, 0.4) is 0 Å². The first-order valence-electron chi connectivity index (χ1n) is 11.4. The summed E-state index contributed by atoms with van der Waals surface area (Å²) in [4.78, 5) is 0. The van der Waals surface area contributed by atoms with Crippen molar-refractivity contribution in [1.29, 1.82) is 0 Å². The highest BCUT2D eigenvalue weighted by Gasteiger charge is 2.16. The van der Waals surface area contributed by atoms with Crippen molar-refractivity contribution in [3.63, 3.8) is 0 Å². The van der Waals surface area contributed by atoms with Gasteiger partial charge in [0.05, 0.1) is 0 Å². The lowest BCUT2D eigenvalue weighted by Crippen LogP contribution is -1.97. The maximum Gasteiger partial charge on any atom is 0.167 e. The first-order chi connectivity index (χ1) is 15.0. The summed E-state index contributed by atoms with van der Waals surface area (Å²) in [5.74, 6) is -1.58. The van der Waals surface area contributed by atoms with E-state index >= 15 is 0 Å². The van der Waals surface area contributed by atoms with Crippen LogP contribution in [0.25, 0.3) is 23.3 Å². The van der Waals surface area contributed by atoms with Crippen molar-refractivity contribution in [2.45, 2.75) is 59.3 Å². The van der Waals surface area contributed by atoms with Crippen LogP contribution in [0.2, 0.25) is 0 Å². The second kappa shape index (κ2) is 11.0. The first-order valence-corrected chi connectivity index (χ1v) is 11.4. The van der Waals surface area contributed by atoms with E-state index in [-0.39, 0.29) is 0 Å². The average Bonchev–Trinajstić information content (AvgIpc) is 2.78. The van der Waals surface area contributed by atoms with Crippen LogP contribution in [0.1, 0.15) is 67.3 Å². The molecule has 0 saturated carbocycles. The number of rotatable bonds is 9. The number of aryl methyl sites for hydroxylation is 3. The second-order valence-electron chi connectivity index (χ2n) is 8.26. The Bertz CT molecular complexity index is 1010. The van der Waals surface area contributed by atoms with Gasteiger partial charge in [-0.05, 0) is 60.1 Å². The van der Waals surface area contributed by atoms with E-state index in [1.807, 2.05) is 49.4 Å². The maximum absolute atomic E-state index is 14.9. The molecule has 0 aliphatic carbocycles. The third-order valence-corrected chi connectivity index (χ3v) is 5.75. The lowest BCUT2D eigenvalue weighted by Gasteiger charge is -2.11. The van der Waals surface area contributed by atoms with E-state index in [2.05, 4.69) is 26.0 Å². The number of halogens is 2. The average molecular weight is 419 g/mol. The normalized spacial score (nSPS) is 11.4. The Morgan fingerprint density at radius 2 is 1.35 bits per heavy atom. The molecule has 3 rings (SSSR count). The number of hydrogen-bond donors (Lipinski definition) is 0. The van der Waals surface area contributed by atoms with Crippen molar-refractivity contribution in [3.8, 4) is 11.1 Å². The predicted octanol–water partition coefficient (Wildman–Crippen LogP) is 8.80. The minimum absolute atomic E-state index is 0.301. The summed E-state index contributed by atoms with van der Waals surface area (Å²) >= 11 is 0. The molecule has 162 valence electrons. The lowest BCUT2D eigenvalue weighted by molar-refractivity contribution is 0.508. The summed E-state index contributed by atoms with van der Waals surface area (Å²) in [6.07, 6.45) is 10.2. The van der Waals surface area contributed by atoms with Gasteiger partial charge in [0.25, 0.3) is 0 Å². The molecule has 0 heterocycles. The van der Waals surface area contributed by atoms with Crippen LogP contribution in [0.15, 0.2) is 54.6 Å². The fourth-order valence-corrected chi connectivity index (χ4v) is 3.88. The lowest BCUT2D eigenvalue weighted by atomic mass is 9.96. The Kier molecular flexibility index (Phi) is 8.17. The van der Waals surface area contributed by atoms with Crippen molar-refractivity contribution in [3.05, 3.63) is 94.0 Å². The van der Waals surface area contributed by atoms with Crippen molar-refractivity contribution in [2.24, 2.45) is 0 Å². The molecule has 0 saturated heterocycles. The van der Waals surface area contributed by atoms with Gasteiger partial charge in [0.15, 0.2) is 11.6 Å². The highest BCUT2D eigenvalue weighted by atomic mass is 19.2. The molecule has 0 fully saturated rings. The zero-order valence-electron chi connectivity index (χ0n) is 18.8. The van der Waals surface area contributed by atoms with Crippen molar-refractivity contribution >= 4 is 12.2 Å². The Labute approximate surface area is 185 Å². The monoisotopic (exact) mass is 418 g/mol. The molecule has 0 aromatic heterocycles. The molecule has 0 atom stereocenters. The topological polar surface area (TPSA) is 0 Å². The van der Waals surface area contributed by atoms with Gasteiger partial charge in [0.2, 0.25) is 0 Å². The van der Waals surface area contributed by atoms with Crippen LogP contribution >= 0.6 is 0 Å². The molecular weight excluding hydrogens is 386 g/mol. The van der Waals surface area contributed by atoms with Gasteiger partial charge in [-0.25, -0.2) is 8.78 Å². The van der Waals surface area contributed by atoms with Gasteiger partial charge in [0, 0.05) is 11.1 Å². The molecule has 2 heteroatoms. The maximum atomic E-state index is 14.9. The molecule has 0 bridgehead atoms. The van der Waals surface area contributed by atoms with E-state index < -0.39 is 11.6 Å². The summed E-state index contributed by atoms with van der Waals surface area (Å²) in [5, 5.41) is 0. The van der Waals surface area contributed by atoms with Crippen molar-refractivity contribution in [1.82, 2.24) is 0 Å². The van der Waals surface area contributed by atoms with Crippen molar-refractivity contribution < 1.29 is 8.78 Å². The second-order valence-corrected chi connectivity index (χ2v) is 8.26. The Morgan fingerprint density at radius 3 is 2.00 bits per heavy atom. The Hall–Kier alpha value is -2.74. The third kappa shape index (κ3) is 5.91. The van der Waals surface area contributed by atoms with Gasteiger partial charge in [-0.15, -0.1) is 0 Å². The van der Waals surface area contributed by atoms with E-state index in [0.29, 0.717) is 16.7 Å². The summed E-state index contributed by atoms with van der Waals surface area (Å²) in [6.45, 7) is 6.17. The van der Waals surface area contributed by atoms with E-state index in [1.54, 1.807) is 12.1 Å². The fraction of sp³-hybridized carbons (Fsp3) is 0.310. The van der Waals surface area contributed by atoms with Gasteiger partial charge in [-0.3, -0.25) is 0 Å². The Balaban J connectivity index is 1.81. The fourth-order valence-electron chi connectivity index (χ4n) is 3.88. The summed E-state index contributed by atoms with van der Waals surface area (Å²) < 4.78 is 29.9. The summed E-state index contributed by atoms with van der Waals surface area (Å²) in [5.41, 5.74) is 5.54. The van der Waals surface area contributed by atoms with E-state index in [4.69, 9.17) is 0 Å². The largest absolute Gasteiger partial charge is 0.203 e. The smallest absolute Gasteiger partial charge is 0.167 e. The SMILES string of the molecule is CCCCCc1ccc(-c2cc(C)c(C=Cc3ccc(CCC)cc3)c(F)c2F)cc1. The third-order valence-electron chi connectivity index (χ3n) is 5.75. The molecule has 0 nitrogen and oxygen atoms in total. The molecule has 3 aromatic rings. The standard InChI is InChI=1S/C29H32F2/c1-4-6-7-9-23-14-17-25(18-15-23)27-20-21(3)26(28(30)29(27)31)19-16-24-12-10-22(8-5-2)11-13-24/h10-20H,4-9H2,1-3H3. The van der Waals surface area contributed by atoms with Crippen LogP contribution in [0, 0.1) is 18.6 Å². The van der Waals surface area contributed by atoms with Gasteiger partial charge in [-0.1, -0.05) is 93.8 Å². The minimum Gasteiger partial charge on any atom is -0.203 e. The number of benzene rings is 3. The molecule has 0 N–H and O–H groups in total. The molecule has 0 aliphatic rings. The van der Waals surface area contributed by atoms with E-state index in [0.717, 1.165) is 36.8 Å². The zero-order chi connectivity index (χ0) is 22.2. The van der Waals surface area contributed by atoms with Gasteiger partial charge in [0.1, 0.15) is 0 Å². The van der Waals surface area contributed by atoms with Gasteiger partial charge >= 0.3 is 0 Å². The highest BCUT2D eigenvalue weighted by Crippen LogP contribution is 2.30. The molecule has 0 unspecified atom stereocenters. The molecule has 31 heavy (non-hydrogen) atoms. The summed E-state index contributed by atoms with van der Waals surface area (Å²) in [6, 6.07) is 17.8. The Morgan fingerprint density at radius 1 is 0.710 bits per heavy atom. The first kappa shape index (κ1) is 22.9. The summed E-state index contributed by atoms with van der Waals surface area (Å²) in [7, 11) is 0. The minimum atomic E-state index is -0.791. The van der Waals surface area contributed by atoms with Gasteiger partial charge < -0.3 is 0 Å². The molecule has 3 aromatic carbocycles. The molecule has 0 amide bonds. The quantitative estimate of drug-likeness (QED) is 0.240. The highest BCUT2D eigenvalue weighted by molar-refractivity contribution is 5.75. The zero-order valence-corrected chi connectivity index (χ0v) is 18.8. The molecule has 0 spiro atoms. The van der Waals surface area contributed by atoms with Gasteiger partial charge in [-0.2, -0.15) is 0 Å². The van der Waals surface area contributed by atoms with Crippen LogP contribution in [0.4, 0.5) is 8.78 Å². The van der Waals surface area contributed by atoms with Crippen molar-refractivity contribution in [2.75, 3.05) is 0 Å². The van der Waals surface area contributed by atoms with E-state index in [9.17, 15) is 8.78 Å².